The van der Waals surface area contributed by atoms with Gasteiger partial charge in [-0.15, -0.1) is 0 Å². The Hall–Kier alpha value is 0.739. The van der Waals surface area contributed by atoms with Crippen LogP contribution in [0.5, 0.6) is 0 Å². The molecule has 0 bridgehead atoms. The van der Waals surface area contributed by atoms with Crippen molar-refractivity contribution < 1.29 is 32.4 Å². The van der Waals surface area contributed by atoms with E-state index in [-0.39, 0.29) is 0 Å². The van der Waals surface area contributed by atoms with Crippen LogP contribution in [0.25, 0.3) is 0 Å². The SMILES string of the molecule is O=S(=O)([O-])[O-].[SH][Cu+2]. The average Bonchev–Trinajstić information content (AvgIpc) is 1.36. The first-order valence-corrected chi connectivity index (χ1v) is 3.67. The number of hydrogen-bond acceptors (Lipinski definition) is 5. The van der Waals surface area contributed by atoms with Crippen LogP contribution in [0.1, 0.15) is 0 Å². The van der Waals surface area contributed by atoms with Crippen molar-refractivity contribution >= 4 is 21.4 Å². The van der Waals surface area contributed by atoms with Crippen LogP contribution in [0.15, 0.2) is 0 Å². The van der Waals surface area contributed by atoms with Gasteiger partial charge in [-0.1, -0.05) is 0 Å². The van der Waals surface area contributed by atoms with Gasteiger partial charge in [-0.25, -0.2) is 0 Å². The average molecular weight is 193 g/mol. The summed E-state index contributed by atoms with van der Waals surface area (Å²) in [6, 6.07) is 0. The van der Waals surface area contributed by atoms with Gasteiger partial charge in [-0.05, 0) is 0 Å². The molecule has 0 saturated carbocycles. The van der Waals surface area contributed by atoms with Crippen molar-refractivity contribution in [3.05, 3.63) is 0 Å². The van der Waals surface area contributed by atoms with Gasteiger partial charge in [-0.2, -0.15) is 0 Å². The van der Waals surface area contributed by atoms with Crippen LogP contribution >= 0.6 is 11.0 Å². The van der Waals surface area contributed by atoms with E-state index in [0.717, 1.165) is 0 Å². The molecule has 0 aromatic heterocycles. The van der Waals surface area contributed by atoms with Crippen molar-refractivity contribution in [3.8, 4) is 0 Å². The fraction of sp³-hybridized carbons (Fsp3) is 0. The Morgan fingerprint density at radius 2 is 1.29 bits per heavy atom. The fourth-order valence-corrected chi connectivity index (χ4v) is 0. The minimum absolute atomic E-state index is 3.09. The predicted molar refractivity (Wildman–Crippen MR) is 19.5 cm³/mol. The van der Waals surface area contributed by atoms with E-state index in [4.69, 9.17) is 17.5 Å². The van der Waals surface area contributed by atoms with Gasteiger partial charge in [0.2, 0.25) is 0 Å². The molecule has 0 aliphatic rings. The summed E-state index contributed by atoms with van der Waals surface area (Å²) < 4.78 is 34.1. The summed E-state index contributed by atoms with van der Waals surface area (Å²) in [5.74, 6) is 0. The molecule has 0 amide bonds. The standard InChI is InChI=1S/Cu.H2O4S.H2S/c;1-5(2,3)4;/h;(H2,1,2,3,4);1H2/q+3;;/p-3. The topological polar surface area (TPSA) is 80.3 Å². The molecule has 0 N–H and O–H groups in total. The molecule has 0 spiro atoms. The van der Waals surface area contributed by atoms with Crippen LogP contribution in [0.4, 0.5) is 0 Å². The molecule has 0 unspecified atom stereocenters. The summed E-state index contributed by atoms with van der Waals surface area (Å²) in [5.41, 5.74) is 0. The van der Waals surface area contributed by atoms with Crippen LogP contribution in [-0.2, 0) is 25.3 Å². The zero-order valence-corrected chi connectivity index (χ0v) is 5.44. The molecule has 7 heavy (non-hydrogen) atoms. The molecule has 0 aromatic rings. The Kier molecular flexibility index (Phi) is 7.45. The van der Waals surface area contributed by atoms with Crippen LogP contribution in [-0.4, -0.2) is 17.5 Å². The van der Waals surface area contributed by atoms with Crippen molar-refractivity contribution in [2.24, 2.45) is 0 Å². The van der Waals surface area contributed by atoms with Gasteiger partial charge in [0, 0.05) is 10.4 Å². The second kappa shape index (κ2) is 4.89. The first-order chi connectivity index (χ1) is 3.00. The third kappa shape index (κ3) is 277. The molecule has 0 saturated heterocycles. The normalized spacial score (nSPS) is 9.29. The Bertz CT molecular complexity index is 92.9. The molecular formula is HCuO4S2. The molecule has 4 nitrogen and oxygen atoms in total. The molecular weight excluding hydrogens is 192 g/mol. The number of thiol groups is 1. The Balaban J connectivity index is 0. The number of hydrogen-bond donors (Lipinski definition) is 1. The number of rotatable bonds is 0. The summed E-state index contributed by atoms with van der Waals surface area (Å²) in [6.45, 7) is 0. The minimum atomic E-state index is -5.17. The van der Waals surface area contributed by atoms with E-state index in [1.165, 1.54) is 0 Å². The van der Waals surface area contributed by atoms with E-state index in [2.05, 4.69) is 25.9 Å². The summed E-state index contributed by atoms with van der Waals surface area (Å²) in [6.07, 6.45) is 0. The van der Waals surface area contributed by atoms with Crippen molar-refractivity contribution in [1.82, 2.24) is 0 Å². The molecule has 0 aliphatic carbocycles. The van der Waals surface area contributed by atoms with Crippen molar-refractivity contribution in [2.75, 3.05) is 0 Å². The monoisotopic (exact) mass is 192 g/mol. The molecule has 0 radical (unpaired) electrons. The van der Waals surface area contributed by atoms with E-state index in [1.54, 1.807) is 0 Å². The maximum atomic E-state index is 8.52. The summed E-state index contributed by atoms with van der Waals surface area (Å²) in [4.78, 5) is 0. The Morgan fingerprint density at radius 1 is 1.29 bits per heavy atom. The van der Waals surface area contributed by atoms with E-state index >= 15 is 0 Å². The van der Waals surface area contributed by atoms with Gasteiger partial charge >= 0.3 is 25.9 Å². The van der Waals surface area contributed by atoms with Crippen molar-refractivity contribution in [2.45, 2.75) is 0 Å². The van der Waals surface area contributed by atoms with E-state index in [9.17, 15) is 0 Å². The molecule has 0 atom stereocenters. The molecule has 0 aliphatic heterocycles. The van der Waals surface area contributed by atoms with E-state index < -0.39 is 10.4 Å². The van der Waals surface area contributed by atoms with Gasteiger partial charge in [0.1, 0.15) is 0 Å². The van der Waals surface area contributed by atoms with Crippen molar-refractivity contribution in [1.29, 1.82) is 0 Å². The Labute approximate surface area is 54.2 Å². The second-order valence-corrected chi connectivity index (χ2v) is 1.22. The fourth-order valence-electron chi connectivity index (χ4n) is 0. The molecule has 0 fully saturated rings. The first-order valence-electron chi connectivity index (χ1n) is 0.802. The van der Waals surface area contributed by atoms with Gasteiger partial charge in [0.15, 0.2) is 0 Å². The van der Waals surface area contributed by atoms with Gasteiger partial charge in [-0.3, -0.25) is 8.42 Å². The van der Waals surface area contributed by atoms with Gasteiger partial charge in [0.25, 0.3) is 0 Å². The summed E-state index contributed by atoms with van der Waals surface area (Å²) in [5, 5.41) is 0. The van der Waals surface area contributed by atoms with Crippen molar-refractivity contribution in [3.63, 3.8) is 0 Å². The van der Waals surface area contributed by atoms with Crippen LogP contribution in [0.2, 0.25) is 0 Å². The zero-order chi connectivity index (χ0) is 6.50. The second-order valence-electron chi connectivity index (χ2n) is 0.408. The molecule has 48 valence electrons. The first kappa shape index (κ1) is 10.7. The van der Waals surface area contributed by atoms with Crippen LogP contribution in [0.3, 0.4) is 0 Å². The molecule has 7 heteroatoms. The van der Waals surface area contributed by atoms with E-state index in [1.807, 2.05) is 0 Å². The zero-order valence-electron chi connectivity index (χ0n) is 2.79. The Morgan fingerprint density at radius 3 is 1.29 bits per heavy atom. The molecule has 0 heterocycles. The predicted octanol–water partition coefficient (Wildman–Crippen LogP) is -0.960. The van der Waals surface area contributed by atoms with Crippen LogP contribution in [0, 0.1) is 0 Å². The summed E-state index contributed by atoms with van der Waals surface area (Å²) in [7, 11) is -5.17. The third-order valence-electron chi connectivity index (χ3n) is 0. The van der Waals surface area contributed by atoms with Gasteiger partial charge < -0.3 is 9.11 Å². The maximum absolute atomic E-state index is 8.52. The van der Waals surface area contributed by atoms with E-state index in [0.29, 0.717) is 0 Å². The van der Waals surface area contributed by atoms with Crippen LogP contribution < -0.4 is 0 Å². The van der Waals surface area contributed by atoms with Gasteiger partial charge in [0.05, 0.1) is 0 Å². The summed E-state index contributed by atoms with van der Waals surface area (Å²) >= 11 is 6.97. The third-order valence-corrected chi connectivity index (χ3v) is 0. The molecule has 0 aromatic carbocycles. The molecule has 0 rings (SSSR count). The quantitative estimate of drug-likeness (QED) is 0.232.